The molecule has 5 nitrogen and oxygen atoms in total. The summed E-state index contributed by atoms with van der Waals surface area (Å²) < 4.78 is 9.71. The van der Waals surface area contributed by atoms with Gasteiger partial charge in [-0.2, -0.15) is 0 Å². The molecule has 0 radical (unpaired) electrons. The predicted octanol–water partition coefficient (Wildman–Crippen LogP) is 1.37. The van der Waals surface area contributed by atoms with Crippen LogP contribution < -0.4 is 0 Å². The SMILES string of the molecule is C=CC(=O)OCCCCOC(=O)C(=C)CCCO. The molecule has 0 saturated carbocycles. The third-order valence-electron chi connectivity index (χ3n) is 2.11. The van der Waals surface area contributed by atoms with Crippen LogP contribution in [-0.2, 0) is 19.1 Å². The minimum atomic E-state index is -0.454. The normalized spacial score (nSPS) is 9.61. The number of rotatable bonds is 10. The topological polar surface area (TPSA) is 72.8 Å². The van der Waals surface area contributed by atoms with Crippen molar-refractivity contribution in [2.45, 2.75) is 25.7 Å². The van der Waals surface area contributed by atoms with E-state index in [1.807, 2.05) is 0 Å². The Bertz CT molecular complexity index is 296. The average molecular weight is 256 g/mol. The molecule has 5 heteroatoms. The standard InChI is InChI=1S/C13H20O5/c1-3-12(15)17-9-4-5-10-18-13(16)11(2)7-6-8-14/h3,14H,1-2,4-10H2. The zero-order valence-corrected chi connectivity index (χ0v) is 10.5. The number of aliphatic hydroxyl groups is 1. The zero-order valence-electron chi connectivity index (χ0n) is 10.5. The van der Waals surface area contributed by atoms with E-state index in [0.717, 1.165) is 6.08 Å². The monoisotopic (exact) mass is 256 g/mol. The predicted molar refractivity (Wildman–Crippen MR) is 66.8 cm³/mol. The Hall–Kier alpha value is -1.62. The lowest BCUT2D eigenvalue weighted by Gasteiger charge is -2.06. The van der Waals surface area contributed by atoms with Crippen molar-refractivity contribution in [3.05, 3.63) is 24.8 Å². The van der Waals surface area contributed by atoms with Crippen LogP contribution in [0.1, 0.15) is 25.7 Å². The van der Waals surface area contributed by atoms with E-state index >= 15 is 0 Å². The van der Waals surface area contributed by atoms with Crippen LogP contribution in [0.4, 0.5) is 0 Å². The molecule has 0 aromatic rings. The van der Waals surface area contributed by atoms with Gasteiger partial charge in [-0.1, -0.05) is 13.2 Å². The smallest absolute Gasteiger partial charge is 0.333 e. The number of esters is 2. The molecular formula is C13H20O5. The van der Waals surface area contributed by atoms with Gasteiger partial charge in [0.15, 0.2) is 0 Å². The summed E-state index contributed by atoms with van der Waals surface area (Å²) in [6, 6.07) is 0. The van der Waals surface area contributed by atoms with E-state index in [0.29, 0.717) is 31.3 Å². The van der Waals surface area contributed by atoms with Gasteiger partial charge in [0.1, 0.15) is 0 Å². The van der Waals surface area contributed by atoms with Gasteiger partial charge in [-0.15, -0.1) is 0 Å². The Balaban J connectivity index is 3.48. The molecule has 0 aromatic heterocycles. The molecule has 0 aliphatic rings. The fourth-order valence-corrected chi connectivity index (χ4v) is 1.10. The van der Waals surface area contributed by atoms with Crippen LogP contribution in [0.5, 0.6) is 0 Å². The molecule has 0 spiro atoms. The van der Waals surface area contributed by atoms with E-state index in [1.165, 1.54) is 0 Å². The molecule has 0 aliphatic carbocycles. The summed E-state index contributed by atoms with van der Waals surface area (Å²) in [6.07, 6.45) is 3.28. The molecule has 0 aliphatic heterocycles. The summed E-state index contributed by atoms with van der Waals surface area (Å²) in [5, 5.41) is 8.59. The van der Waals surface area contributed by atoms with Crippen molar-refractivity contribution in [2.24, 2.45) is 0 Å². The number of hydrogen-bond acceptors (Lipinski definition) is 5. The van der Waals surface area contributed by atoms with Gasteiger partial charge in [-0.25, -0.2) is 9.59 Å². The summed E-state index contributed by atoms with van der Waals surface area (Å²) in [6.45, 7) is 7.43. The van der Waals surface area contributed by atoms with Crippen LogP contribution in [-0.4, -0.2) is 36.9 Å². The molecular weight excluding hydrogens is 236 g/mol. The molecule has 102 valence electrons. The van der Waals surface area contributed by atoms with Gasteiger partial charge in [-0.05, 0) is 25.7 Å². The molecule has 0 amide bonds. The number of carbonyl (C=O) groups is 2. The van der Waals surface area contributed by atoms with Gasteiger partial charge in [0.25, 0.3) is 0 Å². The van der Waals surface area contributed by atoms with Crippen LogP contribution in [0.2, 0.25) is 0 Å². The highest BCUT2D eigenvalue weighted by molar-refractivity contribution is 5.87. The summed E-state index contributed by atoms with van der Waals surface area (Å²) in [4.78, 5) is 22.0. The molecule has 0 rings (SSSR count). The Kier molecular flexibility index (Phi) is 9.58. The maximum atomic E-state index is 11.3. The zero-order chi connectivity index (χ0) is 13.8. The Morgan fingerprint density at radius 1 is 1.11 bits per heavy atom. The second-order valence-electron chi connectivity index (χ2n) is 3.65. The molecule has 0 atom stereocenters. The third kappa shape index (κ3) is 8.52. The molecule has 0 aromatic carbocycles. The van der Waals surface area contributed by atoms with Crippen molar-refractivity contribution < 1.29 is 24.2 Å². The largest absolute Gasteiger partial charge is 0.463 e. The number of ether oxygens (including phenoxy) is 2. The number of carbonyl (C=O) groups excluding carboxylic acids is 2. The van der Waals surface area contributed by atoms with Gasteiger partial charge < -0.3 is 14.6 Å². The summed E-state index contributed by atoms with van der Waals surface area (Å²) in [7, 11) is 0. The summed E-state index contributed by atoms with van der Waals surface area (Å²) >= 11 is 0. The quantitative estimate of drug-likeness (QED) is 0.363. The van der Waals surface area contributed by atoms with E-state index < -0.39 is 11.9 Å². The van der Waals surface area contributed by atoms with Crippen LogP contribution >= 0.6 is 0 Å². The molecule has 0 unspecified atom stereocenters. The number of aliphatic hydroxyl groups excluding tert-OH is 1. The first-order chi connectivity index (χ1) is 8.61. The van der Waals surface area contributed by atoms with Crippen molar-refractivity contribution in [2.75, 3.05) is 19.8 Å². The molecule has 0 fully saturated rings. The van der Waals surface area contributed by atoms with Crippen LogP contribution in [0.25, 0.3) is 0 Å². The van der Waals surface area contributed by atoms with Gasteiger partial charge in [0.05, 0.1) is 13.2 Å². The van der Waals surface area contributed by atoms with E-state index in [2.05, 4.69) is 13.2 Å². The van der Waals surface area contributed by atoms with Gasteiger partial charge >= 0.3 is 11.9 Å². The Labute approximate surface area is 107 Å². The Morgan fingerprint density at radius 3 is 2.28 bits per heavy atom. The summed E-state index contributed by atoms with van der Waals surface area (Å²) in [5.74, 6) is -0.893. The molecule has 0 bridgehead atoms. The molecule has 1 N–H and O–H groups in total. The summed E-state index contributed by atoms with van der Waals surface area (Å²) in [5.41, 5.74) is 0.363. The van der Waals surface area contributed by atoms with Crippen molar-refractivity contribution in [1.29, 1.82) is 0 Å². The maximum absolute atomic E-state index is 11.3. The molecule has 0 saturated heterocycles. The Morgan fingerprint density at radius 2 is 1.72 bits per heavy atom. The average Bonchev–Trinajstić information content (AvgIpc) is 2.39. The fraction of sp³-hybridized carbons (Fsp3) is 0.538. The maximum Gasteiger partial charge on any atom is 0.333 e. The van der Waals surface area contributed by atoms with Crippen LogP contribution in [0.3, 0.4) is 0 Å². The molecule has 0 heterocycles. The lowest BCUT2D eigenvalue weighted by atomic mass is 10.2. The van der Waals surface area contributed by atoms with E-state index in [9.17, 15) is 9.59 Å². The van der Waals surface area contributed by atoms with Crippen molar-refractivity contribution >= 4 is 11.9 Å². The first-order valence-electron chi connectivity index (χ1n) is 5.86. The van der Waals surface area contributed by atoms with Crippen molar-refractivity contribution in [1.82, 2.24) is 0 Å². The second kappa shape index (κ2) is 10.5. The number of unbranched alkanes of at least 4 members (excludes halogenated alkanes) is 1. The van der Waals surface area contributed by atoms with Crippen LogP contribution in [0, 0.1) is 0 Å². The van der Waals surface area contributed by atoms with Gasteiger partial charge in [-0.3, -0.25) is 0 Å². The van der Waals surface area contributed by atoms with E-state index in [-0.39, 0.29) is 19.8 Å². The third-order valence-corrected chi connectivity index (χ3v) is 2.11. The minimum absolute atomic E-state index is 0.0287. The first kappa shape index (κ1) is 16.4. The lowest BCUT2D eigenvalue weighted by Crippen LogP contribution is -2.10. The van der Waals surface area contributed by atoms with Crippen molar-refractivity contribution in [3.63, 3.8) is 0 Å². The number of hydrogen-bond donors (Lipinski definition) is 1. The van der Waals surface area contributed by atoms with Gasteiger partial charge in [0, 0.05) is 18.3 Å². The highest BCUT2D eigenvalue weighted by Gasteiger charge is 2.07. The van der Waals surface area contributed by atoms with Crippen LogP contribution in [0.15, 0.2) is 24.8 Å². The van der Waals surface area contributed by atoms with E-state index in [4.69, 9.17) is 14.6 Å². The fourth-order valence-electron chi connectivity index (χ4n) is 1.10. The highest BCUT2D eigenvalue weighted by atomic mass is 16.5. The molecule has 18 heavy (non-hydrogen) atoms. The van der Waals surface area contributed by atoms with Gasteiger partial charge in [0.2, 0.25) is 0 Å². The minimum Gasteiger partial charge on any atom is -0.463 e. The lowest BCUT2D eigenvalue weighted by molar-refractivity contribution is -0.141. The van der Waals surface area contributed by atoms with Crippen molar-refractivity contribution in [3.8, 4) is 0 Å². The van der Waals surface area contributed by atoms with E-state index in [1.54, 1.807) is 0 Å². The highest BCUT2D eigenvalue weighted by Crippen LogP contribution is 2.05. The first-order valence-corrected chi connectivity index (χ1v) is 5.86. The second-order valence-corrected chi connectivity index (χ2v) is 3.65.